The van der Waals surface area contributed by atoms with Gasteiger partial charge in [0.25, 0.3) is 0 Å². The summed E-state index contributed by atoms with van der Waals surface area (Å²) in [6.45, 7) is 4.77. The van der Waals surface area contributed by atoms with Gasteiger partial charge in [-0.2, -0.15) is 0 Å². The maximum absolute atomic E-state index is 12.8. The van der Waals surface area contributed by atoms with Crippen molar-refractivity contribution in [3.05, 3.63) is 65.0 Å². The molecule has 0 aromatic heterocycles. The minimum absolute atomic E-state index is 0.0631. The summed E-state index contributed by atoms with van der Waals surface area (Å²) < 4.78 is 12.8. The van der Waals surface area contributed by atoms with Gasteiger partial charge in [0.1, 0.15) is 5.82 Å². The molecule has 0 bridgehead atoms. The second-order valence-corrected chi connectivity index (χ2v) is 5.55. The Morgan fingerprint density at radius 3 is 2.45 bits per heavy atom. The smallest absolute Gasteiger partial charge is 0.239 e. The molecule has 0 aliphatic rings. The number of anilines is 1. The van der Waals surface area contributed by atoms with E-state index in [-0.39, 0.29) is 18.3 Å². The van der Waals surface area contributed by atoms with Gasteiger partial charge in [-0.3, -0.25) is 4.79 Å². The molecule has 1 amide bonds. The van der Waals surface area contributed by atoms with E-state index in [0.29, 0.717) is 6.54 Å². The SMILES string of the molecule is Cc1ccc(N(C)CC(=O)NCc2ccc(F)cc2)c(C)c1. The first-order chi connectivity index (χ1) is 10.5. The first-order valence-electron chi connectivity index (χ1n) is 7.25. The Labute approximate surface area is 130 Å². The zero-order valence-electron chi connectivity index (χ0n) is 13.2. The van der Waals surface area contributed by atoms with E-state index in [0.717, 1.165) is 16.8 Å². The van der Waals surface area contributed by atoms with Gasteiger partial charge in [-0.05, 0) is 43.2 Å². The van der Waals surface area contributed by atoms with E-state index >= 15 is 0 Å². The Morgan fingerprint density at radius 2 is 1.82 bits per heavy atom. The van der Waals surface area contributed by atoms with Crippen molar-refractivity contribution in [3.63, 3.8) is 0 Å². The van der Waals surface area contributed by atoms with E-state index in [1.54, 1.807) is 12.1 Å². The van der Waals surface area contributed by atoms with Crippen molar-refractivity contribution < 1.29 is 9.18 Å². The van der Waals surface area contributed by atoms with Gasteiger partial charge in [0.15, 0.2) is 0 Å². The van der Waals surface area contributed by atoms with Crippen molar-refractivity contribution in [1.82, 2.24) is 5.32 Å². The third-order valence-electron chi connectivity index (χ3n) is 3.55. The summed E-state index contributed by atoms with van der Waals surface area (Å²) in [5.74, 6) is -0.337. The van der Waals surface area contributed by atoms with E-state index in [9.17, 15) is 9.18 Å². The van der Waals surface area contributed by atoms with Crippen LogP contribution in [0.25, 0.3) is 0 Å². The van der Waals surface area contributed by atoms with E-state index < -0.39 is 0 Å². The monoisotopic (exact) mass is 300 g/mol. The van der Waals surface area contributed by atoms with Crippen molar-refractivity contribution in [2.75, 3.05) is 18.5 Å². The van der Waals surface area contributed by atoms with Crippen LogP contribution in [0.3, 0.4) is 0 Å². The van der Waals surface area contributed by atoms with Gasteiger partial charge in [0, 0.05) is 19.3 Å². The lowest BCUT2D eigenvalue weighted by molar-refractivity contribution is -0.119. The van der Waals surface area contributed by atoms with Crippen LogP contribution in [-0.4, -0.2) is 19.5 Å². The van der Waals surface area contributed by atoms with Crippen LogP contribution in [0, 0.1) is 19.7 Å². The topological polar surface area (TPSA) is 32.3 Å². The predicted molar refractivity (Wildman–Crippen MR) is 87.4 cm³/mol. The number of rotatable bonds is 5. The lowest BCUT2D eigenvalue weighted by atomic mass is 10.1. The molecule has 1 N–H and O–H groups in total. The molecule has 4 heteroatoms. The molecule has 2 aromatic rings. The lowest BCUT2D eigenvalue weighted by Gasteiger charge is -2.21. The molecule has 2 rings (SSSR count). The molecule has 0 saturated carbocycles. The number of nitrogens with one attached hydrogen (secondary N) is 1. The first-order valence-corrected chi connectivity index (χ1v) is 7.25. The minimum Gasteiger partial charge on any atom is -0.365 e. The van der Waals surface area contributed by atoms with Gasteiger partial charge in [-0.1, -0.05) is 29.8 Å². The maximum Gasteiger partial charge on any atom is 0.239 e. The summed E-state index contributed by atoms with van der Waals surface area (Å²) in [6.07, 6.45) is 0. The number of benzene rings is 2. The molecule has 0 aliphatic heterocycles. The summed E-state index contributed by atoms with van der Waals surface area (Å²) in [4.78, 5) is 13.9. The number of carbonyl (C=O) groups excluding carboxylic acids is 1. The lowest BCUT2D eigenvalue weighted by Crippen LogP contribution is -2.35. The molecule has 0 radical (unpaired) electrons. The van der Waals surface area contributed by atoms with Crippen LogP contribution in [0.2, 0.25) is 0 Å². The second kappa shape index (κ2) is 7.07. The van der Waals surface area contributed by atoms with E-state index in [4.69, 9.17) is 0 Å². The van der Waals surface area contributed by atoms with E-state index in [1.165, 1.54) is 17.7 Å². The van der Waals surface area contributed by atoms with Crippen LogP contribution < -0.4 is 10.2 Å². The van der Waals surface area contributed by atoms with Crippen molar-refractivity contribution in [3.8, 4) is 0 Å². The third kappa shape index (κ3) is 4.32. The highest BCUT2D eigenvalue weighted by Crippen LogP contribution is 2.19. The quantitative estimate of drug-likeness (QED) is 0.919. The number of hydrogen-bond acceptors (Lipinski definition) is 2. The molecular weight excluding hydrogens is 279 g/mol. The van der Waals surface area contributed by atoms with Crippen LogP contribution >= 0.6 is 0 Å². The molecule has 3 nitrogen and oxygen atoms in total. The van der Waals surface area contributed by atoms with Crippen molar-refractivity contribution in [1.29, 1.82) is 0 Å². The van der Waals surface area contributed by atoms with Gasteiger partial charge in [-0.25, -0.2) is 4.39 Å². The molecule has 0 heterocycles. The normalized spacial score (nSPS) is 10.4. The van der Waals surface area contributed by atoms with Crippen molar-refractivity contribution >= 4 is 11.6 Å². The minimum atomic E-state index is -0.273. The molecule has 0 spiro atoms. The molecular formula is C18H21FN2O. The van der Waals surface area contributed by atoms with Crippen LogP contribution in [0.5, 0.6) is 0 Å². The van der Waals surface area contributed by atoms with E-state index in [2.05, 4.69) is 11.4 Å². The number of likely N-dealkylation sites (N-methyl/N-ethyl adjacent to an activating group) is 1. The molecule has 0 atom stereocenters. The number of aryl methyl sites for hydroxylation is 2. The molecule has 0 saturated heterocycles. The Hall–Kier alpha value is -2.36. The Morgan fingerprint density at radius 1 is 1.14 bits per heavy atom. The maximum atomic E-state index is 12.8. The highest BCUT2D eigenvalue weighted by atomic mass is 19.1. The molecule has 0 fully saturated rings. The Kier molecular flexibility index (Phi) is 5.15. The van der Waals surface area contributed by atoms with Gasteiger partial charge < -0.3 is 10.2 Å². The molecule has 2 aromatic carbocycles. The predicted octanol–water partition coefficient (Wildman–Crippen LogP) is 3.20. The highest BCUT2D eigenvalue weighted by Gasteiger charge is 2.09. The summed E-state index contributed by atoms with van der Waals surface area (Å²) in [7, 11) is 1.90. The summed E-state index contributed by atoms with van der Waals surface area (Å²) in [5, 5.41) is 2.85. The summed E-state index contributed by atoms with van der Waals surface area (Å²) in [5.41, 5.74) is 4.27. The van der Waals surface area contributed by atoms with Crippen molar-refractivity contribution in [2.24, 2.45) is 0 Å². The van der Waals surface area contributed by atoms with E-state index in [1.807, 2.05) is 37.9 Å². The fourth-order valence-electron chi connectivity index (χ4n) is 2.39. The van der Waals surface area contributed by atoms with Crippen LogP contribution in [0.4, 0.5) is 10.1 Å². The van der Waals surface area contributed by atoms with Gasteiger partial charge >= 0.3 is 0 Å². The molecule has 0 unspecified atom stereocenters. The fraction of sp³-hybridized carbons (Fsp3) is 0.278. The summed E-state index contributed by atoms with van der Waals surface area (Å²) >= 11 is 0. The first kappa shape index (κ1) is 16.0. The summed E-state index contributed by atoms with van der Waals surface area (Å²) in [6, 6.07) is 12.3. The van der Waals surface area contributed by atoms with Crippen LogP contribution in [-0.2, 0) is 11.3 Å². The zero-order chi connectivity index (χ0) is 16.1. The third-order valence-corrected chi connectivity index (χ3v) is 3.55. The molecule has 22 heavy (non-hydrogen) atoms. The standard InChI is InChI=1S/C18H21FN2O/c1-13-4-9-17(14(2)10-13)21(3)12-18(22)20-11-15-5-7-16(19)8-6-15/h4-10H,11-12H2,1-3H3,(H,20,22). The number of carbonyl (C=O) groups is 1. The number of nitrogens with zero attached hydrogens (tertiary/aromatic N) is 1. The Bertz CT molecular complexity index is 653. The second-order valence-electron chi connectivity index (χ2n) is 5.55. The van der Waals surface area contributed by atoms with Gasteiger partial charge in [0.2, 0.25) is 5.91 Å². The van der Waals surface area contributed by atoms with Crippen LogP contribution in [0.15, 0.2) is 42.5 Å². The van der Waals surface area contributed by atoms with Crippen LogP contribution in [0.1, 0.15) is 16.7 Å². The number of halogens is 1. The highest BCUT2D eigenvalue weighted by molar-refractivity contribution is 5.81. The van der Waals surface area contributed by atoms with Gasteiger partial charge in [0.05, 0.1) is 6.54 Å². The largest absolute Gasteiger partial charge is 0.365 e. The zero-order valence-corrected chi connectivity index (χ0v) is 13.2. The number of hydrogen-bond donors (Lipinski definition) is 1. The fourth-order valence-corrected chi connectivity index (χ4v) is 2.39. The molecule has 116 valence electrons. The van der Waals surface area contributed by atoms with Crippen molar-refractivity contribution in [2.45, 2.75) is 20.4 Å². The molecule has 0 aliphatic carbocycles. The Balaban J connectivity index is 1.89. The average Bonchev–Trinajstić information content (AvgIpc) is 2.46. The average molecular weight is 300 g/mol. The number of amides is 1. The van der Waals surface area contributed by atoms with Gasteiger partial charge in [-0.15, -0.1) is 0 Å².